The van der Waals surface area contributed by atoms with E-state index in [-0.39, 0.29) is 5.60 Å². The molecule has 0 saturated carbocycles. The highest BCUT2D eigenvalue weighted by Crippen LogP contribution is 2.42. The molecule has 1 spiro atoms. The van der Waals surface area contributed by atoms with Gasteiger partial charge in [-0.25, -0.2) is 0 Å². The predicted molar refractivity (Wildman–Crippen MR) is 89.4 cm³/mol. The normalized spacial score (nSPS) is 31.0. The van der Waals surface area contributed by atoms with Crippen LogP contribution < -0.4 is 10.1 Å². The van der Waals surface area contributed by atoms with Gasteiger partial charge in [-0.3, -0.25) is 0 Å². The standard InChI is InChI=1S/C19H28N2O/c1-14-3-6-17(20-13-14)15-4-5-16-12-19(22-18(16)11-15)7-9-21(2)10-8-19/h4-5,11,14,17,20H,3,6-10,12-13H2,1-2H3/t14-,17?/m0/s1. The van der Waals surface area contributed by atoms with Crippen LogP contribution in [0.15, 0.2) is 18.2 Å². The van der Waals surface area contributed by atoms with Gasteiger partial charge in [0.25, 0.3) is 0 Å². The highest BCUT2D eigenvalue weighted by atomic mass is 16.5. The molecule has 3 heterocycles. The van der Waals surface area contributed by atoms with Crippen LogP contribution in [-0.4, -0.2) is 37.2 Å². The molecular weight excluding hydrogens is 272 g/mol. The van der Waals surface area contributed by atoms with Crippen LogP contribution >= 0.6 is 0 Å². The largest absolute Gasteiger partial charge is 0.487 e. The zero-order valence-electron chi connectivity index (χ0n) is 13.9. The molecule has 3 heteroatoms. The Bertz CT molecular complexity index is 540. The molecule has 0 bridgehead atoms. The summed E-state index contributed by atoms with van der Waals surface area (Å²) in [7, 11) is 2.21. The molecule has 2 saturated heterocycles. The summed E-state index contributed by atoms with van der Waals surface area (Å²) in [6, 6.07) is 7.47. The molecule has 0 aliphatic carbocycles. The van der Waals surface area contributed by atoms with Crippen molar-refractivity contribution in [3.8, 4) is 5.75 Å². The number of ether oxygens (including phenoxy) is 1. The second kappa shape index (κ2) is 5.54. The van der Waals surface area contributed by atoms with E-state index >= 15 is 0 Å². The first-order valence-corrected chi connectivity index (χ1v) is 8.87. The summed E-state index contributed by atoms with van der Waals surface area (Å²) in [5.74, 6) is 1.96. The molecule has 4 rings (SSSR count). The molecule has 3 aliphatic heterocycles. The van der Waals surface area contributed by atoms with E-state index < -0.39 is 0 Å². The fourth-order valence-corrected chi connectivity index (χ4v) is 4.23. The van der Waals surface area contributed by atoms with Crippen LogP contribution in [0.4, 0.5) is 0 Å². The smallest absolute Gasteiger partial charge is 0.123 e. The van der Waals surface area contributed by atoms with Crippen molar-refractivity contribution < 1.29 is 4.74 Å². The van der Waals surface area contributed by atoms with Gasteiger partial charge in [0.15, 0.2) is 0 Å². The molecule has 2 fully saturated rings. The maximum atomic E-state index is 6.48. The fraction of sp³-hybridized carbons (Fsp3) is 0.684. The van der Waals surface area contributed by atoms with Crippen molar-refractivity contribution in [1.82, 2.24) is 10.2 Å². The number of rotatable bonds is 1. The quantitative estimate of drug-likeness (QED) is 0.862. The van der Waals surface area contributed by atoms with Crippen molar-refractivity contribution in [2.45, 2.75) is 50.7 Å². The minimum atomic E-state index is 0.0853. The first-order chi connectivity index (χ1) is 10.6. The van der Waals surface area contributed by atoms with Gasteiger partial charge < -0.3 is 15.0 Å². The van der Waals surface area contributed by atoms with Gasteiger partial charge in [-0.1, -0.05) is 19.1 Å². The van der Waals surface area contributed by atoms with Gasteiger partial charge in [0, 0.05) is 38.4 Å². The number of hydrogen-bond donors (Lipinski definition) is 1. The molecule has 1 N–H and O–H groups in total. The third kappa shape index (κ3) is 2.65. The first-order valence-electron chi connectivity index (χ1n) is 8.87. The van der Waals surface area contributed by atoms with E-state index in [4.69, 9.17) is 4.74 Å². The van der Waals surface area contributed by atoms with Gasteiger partial charge in [0.05, 0.1) is 0 Å². The summed E-state index contributed by atoms with van der Waals surface area (Å²) in [6.45, 7) is 5.78. The Labute approximate surface area is 134 Å². The van der Waals surface area contributed by atoms with E-state index in [2.05, 4.69) is 42.4 Å². The molecule has 1 aromatic rings. The third-order valence-electron chi connectivity index (χ3n) is 5.89. The second-order valence-electron chi connectivity index (χ2n) is 7.78. The molecule has 0 aromatic heterocycles. The summed E-state index contributed by atoms with van der Waals surface area (Å²) in [5, 5.41) is 3.69. The van der Waals surface area contributed by atoms with Gasteiger partial charge in [0.1, 0.15) is 11.4 Å². The summed E-state index contributed by atoms with van der Waals surface area (Å²) in [6.07, 6.45) is 5.99. The Balaban J connectivity index is 1.50. The minimum Gasteiger partial charge on any atom is -0.487 e. The van der Waals surface area contributed by atoms with Crippen molar-refractivity contribution in [2.24, 2.45) is 5.92 Å². The van der Waals surface area contributed by atoms with E-state index in [9.17, 15) is 0 Å². The van der Waals surface area contributed by atoms with Crippen LogP contribution in [0.1, 0.15) is 49.8 Å². The number of nitrogens with zero attached hydrogens (tertiary/aromatic N) is 1. The van der Waals surface area contributed by atoms with Crippen molar-refractivity contribution >= 4 is 0 Å². The minimum absolute atomic E-state index is 0.0853. The highest BCUT2D eigenvalue weighted by Gasteiger charge is 2.41. The summed E-state index contributed by atoms with van der Waals surface area (Å²) >= 11 is 0. The SMILES string of the molecule is C[C@H]1CCC(c2ccc3c(c2)OC2(CCN(C)CC2)C3)NC1. The molecule has 22 heavy (non-hydrogen) atoms. The van der Waals surface area contributed by atoms with Crippen LogP contribution in [0.3, 0.4) is 0 Å². The summed E-state index contributed by atoms with van der Waals surface area (Å²) in [4.78, 5) is 2.41. The maximum Gasteiger partial charge on any atom is 0.123 e. The molecular formula is C19H28N2O. The Kier molecular flexibility index (Phi) is 3.66. The number of nitrogens with one attached hydrogen (secondary N) is 1. The Morgan fingerprint density at radius 1 is 1.23 bits per heavy atom. The molecule has 2 atom stereocenters. The zero-order chi connectivity index (χ0) is 15.2. The van der Waals surface area contributed by atoms with Crippen LogP contribution in [0.25, 0.3) is 0 Å². The first kappa shape index (κ1) is 14.5. The highest BCUT2D eigenvalue weighted by molar-refractivity contribution is 5.43. The Morgan fingerprint density at radius 3 is 2.77 bits per heavy atom. The second-order valence-corrected chi connectivity index (χ2v) is 7.78. The molecule has 1 aromatic carbocycles. The predicted octanol–water partition coefficient (Wildman–Crippen LogP) is 3.15. The van der Waals surface area contributed by atoms with Gasteiger partial charge in [0.2, 0.25) is 0 Å². The van der Waals surface area contributed by atoms with Crippen molar-refractivity contribution in [3.05, 3.63) is 29.3 Å². The third-order valence-corrected chi connectivity index (χ3v) is 5.89. The number of benzene rings is 1. The number of fused-ring (bicyclic) bond motifs is 1. The Morgan fingerprint density at radius 2 is 2.05 bits per heavy atom. The molecule has 0 radical (unpaired) electrons. The van der Waals surface area contributed by atoms with Crippen molar-refractivity contribution in [2.75, 3.05) is 26.7 Å². The molecule has 0 amide bonds. The van der Waals surface area contributed by atoms with Gasteiger partial charge >= 0.3 is 0 Å². The van der Waals surface area contributed by atoms with Crippen LogP contribution in [0.5, 0.6) is 5.75 Å². The van der Waals surface area contributed by atoms with E-state index in [0.717, 1.165) is 50.6 Å². The van der Waals surface area contributed by atoms with E-state index in [1.807, 2.05) is 0 Å². The number of likely N-dealkylation sites (tertiary alicyclic amines) is 1. The van der Waals surface area contributed by atoms with E-state index in [0.29, 0.717) is 6.04 Å². The lowest BCUT2D eigenvalue weighted by atomic mass is 9.87. The van der Waals surface area contributed by atoms with Crippen LogP contribution in [0, 0.1) is 5.92 Å². The van der Waals surface area contributed by atoms with Gasteiger partial charge in [-0.15, -0.1) is 0 Å². The molecule has 1 unspecified atom stereocenters. The maximum absolute atomic E-state index is 6.48. The van der Waals surface area contributed by atoms with Gasteiger partial charge in [-0.2, -0.15) is 0 Å². The topological polar surface area (TPSA) is 24.5 Å². The number of hydrogen-bond acceptors (Lipinski definition) is 3. The van der Waals surface area contributed by atoms with Crippen LogP contribution in [-0.2, 0) is 6.42 Å². The average Bonchev–Trinajstić information content (AvgIpc) is 2.88. The monoisotopic (exact) mass is 300 g/mol. The lowest BCUT2D eigenvalue weighted by Crippen LogP contribution is -2.45. The van der Waals surface area contributed by atoms with Crippen molar-refractivity contribution in [1.29, 1.82) is 0 Å². The van der Waals surface area contributed by atoms with Crippen molar-refractivity contribution in [3.63, 3.8) is 0 Å². The lowest BCUT2D eigenvalue weighted by molar-refractivity contribution is 0.0270. The van der Waals surface area contributed by atoms with Gasteiger partial charge in [-0.05, 0) is 49.5 Å². The van der Waals surface area contributed by atoms with E-state index in [1.54, 1.807) is 0 Å². The fourth-order valence-electron chi connectivity index (χ4n) is 4.23. The Hall–Kier alpha value is -1.06. The lowest BCUT2D eigenvalue weighted by Gasteiger charge is -2.37. The van der Waals surface area contributed by atoms with Crippen LogP contribution in [0.2, 0.25) is 0 Å². The van der Waals surface area contributed by atoms with E-state index in [1.165, 1.54) is 24.0 Å². The summed E-state index contributed by atoms with van der Waals surface area (Å²) < 4.78 is 6.48. The molecule has 3 nitrogen and oxygen atoms in total. The summed E-state index contributed by atoms with van der Waals surface area (Å²) in [5.41, 5.74) is 2.91. The zero-order valence-corrected chi connectivity index (χ0v) is 13.9. The number of piperidine rings is 2. The molecule has 120 valence electrons. The molecule has 3 aliphatic rings. The average molecular weight is 300 g/mol.